The van der Waals surface area contributed by atoms with Gasteiger partial charge < -0.3 is 4.74 Å². The Balaban J connectivity index is 2.04. The third-order valence-electron chi connectivity index (χ3n) is 5.85. The molecular weight excluding hydrogens is 434 g/mol. The first kappa shape index (κ1) is 20.9. The van der Waals surface area contributed by atoms with Crippen molar-refractivity contribution in [1.29, 1.82) is 0 Å². The highest BCUT2D eigenvalue weighted by Crippen LogP contribution is 2.45. The average molecular weight is 454 g/mol. The number of halogens is 1. The third kappa shape index (κ3) is 3.20. The number of methoxy groups -OCH3 is 1. The lowest BCUT2D eigenvalue weighted by Gasteiger charge is -2.37. The van der Waals surface area contributed by atoms with Gasteiger partial charge in [0.2, 0.25) is 5.88 Å². The van der Waals surface area contributed by atoms with Crippen molar-refractivity contribution in [3.05, 3.63) is 125 Å². The van der Waals surface area contributed by atoms with E-state index in [4.69, 9.17) is 21.4 Å². The van der Waals surface area contributed by atoms with Crippen LogP contribution in [0.2, 0.25) is 5.02 Å². The molecule has 6 heteroatoms. The van der Waals surface area contributed by atoms with Crippen molar-refractivity contribution < 1.29 is 9.53 Å². The number of benzene rings is 3. The monoisotopic (exact) mass is 453 g/mol. The Bertz CT molecular complexity index is 1320. The molecule has 0 spiro atoms. The smallest absolute Gasteiger partial charge is 0.242 e. The minimum atomic E-state index is -0.899. The van der Waals surface area contributed by atoms with Crippen LogP contribution in [0.3, 0.4) is 0 Å². The van der Waals surface area contributed by atoms with E-state index in [1.807, 2.05) is 59.3 Å². The molecule has 0 unspecified atom stereocenters. The summed E-state index contributed by atoms with van der Waals surface area (Å²) in [6.07, 6.45) is 2.18. The number of carbonyl (C=O) groups excluding carboxylic acids is 1. The minimum absolute atomic E-state index is 0.223. The molecule has 0 aliphatic heterocycles. The van der Waals surface area contributed by atoms with Crippen molar-refractivity contribution in [2.75, 3.05) is 7.11 Å². The van der Waals surface area contributed by atoms with E-state index in [2.05, 4.69) is 41.4 Å². The fourth-order valence-electron chi connectivity index (χ4n) is 4.48. The number of ether oxygens (including phenoxy) is 1. The van der Waals surface area contributed by atoms with Crippen LogP contribution in [0.15, 0.2) is 97.2 Å². The second-order valence-electron chi connectivity index (χ2n) is 7.56. The molecule has 162 valence electrons. The van der Waals surface area contributed by atoms with Gasteiger partial charge in [0.05, 0.1) is 23.0 Å². The van der Waals surface area contributed by atoms with Gasteiger partial charge in [-0.25, -0.2) is 4.68 Å². The van der Waals surface area contributed by atoms with Gasteiger partial charge in [0.1, 0.15) is 11.2 Å². The average Bonchev–Trinajstić information content (AvgIpc) is 3.28. The summed E-state index contributed by atoms with van der Waals surface area (Å²) in [5.74, 6) is 0.286. The summed E-state index contributed by atoms with van der Waals surface area (Å²) in [5, 5.41) is 5.74. The van der Waals surface area contributed by atoms with E-state index in [-0.39, 0.29) is 11.6 Å². The maximum atomic E-state index is 11.9. The van der Waals surface area contributed by atoms with Crippen LogP contribution in [-0.2, 0) is 5.54 Å². The molecule has 2 aromatic heterocycles. The van der Waals surface area contributed by atoms with Gasteiger partial charge in [-0.3, -0.25) is 9.78 Å². The predicted molar refractivity (Wildman–Crippen MR) is 129 cm³/mol. The first-order chi connectivity index (χ1) is 16.2. The molecule has 3 aromatic carbocycles. The van der Waals surface area contributed by atoms with Gasteiger partial charge >= 0.3 is 0 Å². The zero-order valence-corrected chi connectivity index (χ0v) is 18.6. The number of aldehydes is 1. The van der Waals surface area contributed by atoms with Crippen molar-refractivity contribution >= 4 is 28.8 Å². The molecule has 0 bridgehead atoms. The Morgan fingerprint density at radius 2 is 1.33 bits per heavy atom. The van der Waals surface area contributed by atoms with Crippen molar-refractivity contribution in [1.82, 2.24) is 14.8 Å². The van der Waals surface area contributed by atoms with Gasteiger partial charge in [-0.2, -0.15) is 0 Å². The number of nitrogens with zero attached hydrogens (tertiary/aromatic N) is 3. The summed E-state index contributed by atoms with van der Waals surface area (Å²) in [6, 6.07) is 30.3. The standard InChI is InChI=1S/C27H20ClN3O2/c1-33-26-24-23(18-32)29-17-22(28)25(24)31(30-26)27(19-11-5-2-6-12-19,20-13-7-3-8-14-20)21-15-9-4-10-16-21/h2-18H,1H3. The highest BCUT2D eigenvalue weighted by Gasteiger charge is 2.42. The quantitative estimate of drug-likeness (QED) is 0.243. The van der Waals surface area contributed by atoms with Crippen LogP contribution in [0.5, 0.6) is 5.88 Å². The molecule has 0 atom stereocenters. The third-order valence-corrected chi connectivity index (χ3v) is 6.13. The molecule has 0 aliphatic rings. The fourth-order valence-corrected chi connectivity index (χ4v) is 4.70. The molecule has 0 amide bonds. The number of fused-ring (bicyclic) bond motifs is 1. The SMILES string of the molecule is COc1nn(C(c2ccccc2)(c2ccccc2)c2ccccc2)c2c(Cl)cnc(C=O)c12. The van der Waals surface area contributed by atoms with Gasteiger partial charge in [-0.1, -0.05) is 103 Å². The topological polar surface area (TPSA) is 57.0 Å². The molecule has 0 fully saturated rings. The molecule has 0 aliphatic carbocycles. The number of rotatable bonds is 6. The Morgan fingerprint density at radius 1 is 0.848 bits per heavy atom. The summed E-state index contributed by atoms with van der Waals surface area (Å²) < 4.78 is 7.48. The largest absolute Gasteiger partial charge is 0.479 e. The van der Waals surface area contributed by atoms with E-state index < -0.39 is 5.54 Å². The first-order valence-corrected chi connectivity index (χ1v) is 10.8. The Kier molecular flexibility index (Phi) is 5.40. The predicted octanol–water partition coefficient (Wildman–Crippen LogP) is 5.75. The summed E-state index contributed by atoms with van der Waals surface area (Å²) in [4.78, 5) is 16.1. The van der Waals surface area contributed by atoms with Crippen LogP contribution in [0, 0.1) is 0 Å². The van der Waals surface area contributed by atoms with E-state index in [1.165, 1.54) is 13.3 Å². The molecule has 0 saturated heterocycles. The zero-order chi connectivity index (χ0) is 22.8. The molecule has 0 N–H and O–H groups in total. The van der Waals surface area contributed by atoms with Crippen LogP contribution in [0.1, 0.15) is 27.2 Å². The molecular formula is C27H20ClN3O2. The van der Waals surface area contributed by atoms with E-state index in [0.29, 0.717) is 22.2 Å². The lowest BCUT2D eigenvalue weighted by atomic mass is 9.77. The highest BCUT2D eigenvalue weighted by atomic mass is 35.5. The summed E-state index contributed by atoms with van der Waals surface area (Å²) in [7, 11) is 1.52. The maximum absolute atomic E-state index is 11.9. The lowest BCUT2D eigenvalue weighted by Crippen LogP contribution is -2.38. The normalized spacial score (nSPS) is 11.5. The van der Waals surface area contributed by atoms with E-state index >= 15 is 0 Å². The van der Waals surface area contributed by atoms with Gasteiger partial charge in [0, 0.05) is 6.20 Å². The molecule has 5 aromatic rings. The number of aromatic nitrogens is 3. The first-order valence-electron chi connectivity index (χ1n) is 10.4. The van der Waals surface area contributed by atoms with Crippen molar-refractivity contribution in [3.63, 3.8) is 0 Å². The second-order valence-corrected chi connectivity index (χ2v) is 7.97. The molecule has 0 radical (unpaired) electrons. The van der Waals surface area contributed by atoms with Gasteiger partial charge in [-0.05, 0) is 16.7 Å². The van der Waals surface area contributed by atoms with Gasteiger partial charge in [0.15, 0.2) is 6.29 Å². The summed E-state index contributed by atoms with van der Waals surface area (Å²) in [6.45, 7) is 0. The van der Waals surface area contributed by atoms with Gasteiger partial charge in [0.25, 0.3) is 0 Å². The Hall–Kier alpha value is -3.96. The van der Waals surface area contributed by atoms with Crippen molar-refractivity contribution in [3.8, 4) is 5.88 Å². The maximum Gasteiger partial charge on any atom is 0.242 e. The number of hydrogen-bond acceptors (Lipinski definition) is 4. The highest BCUT2D eigenvalue weighted by molar-refractivity contribution is 6.35. The molecule has 33 heavy (non-hydrogen) atoms. The van der Waals surface area contributed by atoms with Gasteiger partial charge in [-0.15, -0.1) is 5.10 Å². The Labute approximate surface area is 196 Å². The minimum Gasteiger partial charge on any atom is -0.479 e. The second kappa shape index (κ2) is 8.52. The fraction of sp³-hybridized carbons (Fsp3) is 0.0741. The van der Waals surface area contributed by atoms with Crippen LogP contribution in [0.4, 0.5) is 0 Å². The number of hydrogen-bond donors (Lipinski definition) is 0. The van der Waals surface area contributed by atoms with Crippen LogP contribution in [-0.4, -0.2) is 28.2 Å². The van der Waals surface area contributed by atoms with E-state index in [1.54, 1.807) is 0 Å². The van der Waals surface area contributed by atoms with Crippen LogP contribution in [0.25, 0.3) is 10.9 Å². The molecule has 5 nitrogen and oxygen atoms in total. The number of pyridine rings is 1. The summed E-state index contributed by atoms with van der Waals surface area (Å²) >= 11 is 6.74. The van der Waals surface area contributed by atoms with Crippen molar-refractivity contribution in [2.24, 2.45) is 0 Å². The van der Waals surface area contributed by atoms with Crippen LogP contribution < -0.4 is 4.74 Å². The van der Waals surface area contributed by atoms with E-state index in [0.717, 1.165) is 16.7 Å². The number of carbonyl (C=O) groups is 1. The molecule has 2 heterocycles. The molecule has 5 rings (SSSR count). The lowest BCUT2D eigenvalue weighted by molar-refractivity contribution is 0.112. The van der Waals surface area contributed by atoms with Crippen molar-refractivity contribution in [2.45, 2.75) is 5.54 Å². The van der Waals surface area contributed by atoms with Crippen LogP contribution >= 0.6 is 11.6 Å². The Morgan fingerprint density at radius 3 is 1.76 bits per heavy atom. The molecule has 0 saturated carbocycles. The van der Waals surface area contributed by atoms with E-state index in [9.17, 15) is 4.79 Å². The zero-order valence-electron chi connectivity index (χ0n) is 17.9. The summed E-state index contributed by atoms with van der Waals surface area (Å²) in [5.41, 5.74) is 2.84.